The van der Waals surface area contributed by atoms with Crippen LogP contribution < -0.4 is 5.73 Å². The molecule has 0 radical (unpaired) electrons. The van der Waals surface area contributed by atoms with Gasteiger partial charge < -0.3 is 10.3 Å². The number of hydrogen-bond acceptors (Lipinski definition) is 3. The molecule has 0 aliphatic carbocycles. The summed E-state index contributed by atoms with van der Waals surface area (Å²) in [4.78, 5) is 0. The van der Waals surface area contributed by atoms with E-state index in [0.717, 1.165) is 29.0 Å². The van der Waals surface area contributed by atoms with Gasteiger partial charge in [0.2, 0.25) is 0 Å². The highest BCUT2D eigenvalue weighted by molar-refractivity contribution is 5.63. The third-order valence-corrected chi connectivity index (χ3v) is 3.15. The van der Waals surface area contributed by atoms with Gasteiger partial charge in [-0.25, -0.2) is 0 Å². The van der Waals surface area contributed by atoms with Gasteiger partial charge in [0.1, 0.15) is 0 Å². The van der Waals surface area contributed by atoms with Gasteiger partial charge in [-0.3, -0.25) is 0 Å². The fourth-order valence-corrected chi connectivity index (χ4v) is 1.94. The number of aromatic nitrogens is 1. The van der Waals surface area contributed by atoms with Gasteiger partial charge in [0.15, 0.2) is 5.76 Å². The average Bonchev–Trinajstić information content (AvgIpc) is 2.66. The van der Waals surface area contributed by atoms with Crippen LogP contribution in [0.15, 0.2) is 22.7 Å². The highest BCUT2D eigenvalue weighted by Gasteiger charge is 2.14. The lowest BCUT2D eigenvalue weighted by atomic mass is 10.0. The molecule has 0 amide bonds. The van der Waals surface area contributed by atoms with E-state index in [1.807, 2.05) is 6.92 Å². The van der Waals surface area contributed by atoms with Crippen molar-refractivity contribution in [1.82, 2.24) is 5.16 Å². The monoisotopic (exact) mass is 230 g/mol. The summed E-state index contributed by atoms with van der Waals surface area (Å²) in [6, 6.07) is 6.31. The van der Waals surface area contributed by atoms with E-state index in [9.17, 15) is 0 Å². The van der Waals surface area contributed by atoms with Crippen LogP contribution in [0.25, 0.3) is 11.3 Å². The molecule has 2 aromatic rings. The van der Waals surface area contributed by atoms with Gasteiger partial charge in [-0.1, -0.05) is 17.3 Å². The van der Waals surface area contributed by atoms with Crippen molar-refractivity contribution in [2.24, 2.45) is 5.73 Å². The molecular formula is C14H18N2O. The highest BCUT2D eigenvalue weighted by Crippen LogP contribution is 2.27. The van der Waals surface area contributed by atoms with Crippen LogP contribution >= 0.6 is 0 Å². The van der Waals surface area contributed by atoms with E-state index >= 15 is 0 Å². The second-order valence-electron chi connectivity index (χ2n) is 4.41. The molecule has 2 rings (SSSR count). The number of benzene rings is 1. The molecule has 0 bridgehead atoms. The normalized spacial score (nSPS) is 10.8. The van der Waals surface area contributed by atoms with E-state index in [1.54, 1.807) is 0 Å². The van der Waals surface area contributed by atoms with Crippen molar-refractivity contribution < 1.29 is 4.52 Å². The molecule has 0 aliphatic rings. The molecule has 1 aromatic carbocycles. The summed E-state index contributed by atoms with van der Waals surface area (Å²) in [5, 5.41) is 4.03. The Morgan fingerprint density at radius 3 is 2.59 bits per heavy atom. The SMILES string of the molecule is Cc1ccc(-c2onc(C)c2CCN)cc1C. The molecule has 2 N–H and O–H groups in total. The Kier molecular flexibility index (Phi) is 3.29. The van der Waals surface area contributed by atoms with Crippen LogP contribution in [0.5, 0.6) is 0 Å². The molecule has 0 saturated heterocycles. The van der Waals surface area contributed by atoms with Crippen LogP contribution in [0.2, 0.25) is 0 Å². The molecular weight excluding hydrogens is 212 g/mol. The number of rotatable bonds is 3. The van der Waals surface area contributed by atoms with Gasteiger partial charge >= 0.3 is 0 Å². The zero-order valence-electron chi connectivity index (χ0n) is 10.6. The summed E-state index contributed by atoms with van der Waals surface area (Å²) in [6.45, 7) is 6.77. The lowest BCUT2D eigenvalue weighted by molar-refractivity contribution is 0.426. The predicted molar refractivity (Wildman–Crippen MR) is 68.9 cm³/mol. The van der Waals surface area contributed by atoms with Gasteiger partial charge in [-0.15, -0.1) is 0 Å². The van der Waals surface area contributed by atoms with Crippen LogP contribution in [0, 0.1) is 20.8 Å². The maximum absolute atomic E-state index is 5.62. The van der Waals surface area contributed by atoms with Gasteiger partial charge in [0.05, 0.1) is 5.69 Å². The van der Waals surface area contributed by atoms with Gasteiger partial charge in [0.25, 0.3) is 0 Å². The zero-order valence-corrected chi connectivity index (χ0v) is 10.6. The summed E-state index contributed by atoms with van der Waals surface area (Å²) < 4.78 is 5.42. The first kappa shape index (κ1) is 11.9. The molecule has 90 valence electrons. The molecule has 3 heteroatoms. The standard InChI is InChI=1S/C14H18N2O/c1-9-4-5-12(8-10(9)2)14-13(6-7-15)11(3)16-17-14/h4-5,8H,6-7,15H2,1-3H3. The molecule has 3 nitrogen and oxygen atoms in total. The molecule has 0 atom stereocenters. The third-order valence-electron chi connectivity index (χ3n) is 3.15. The first-order valence-corrected chi connectivity index (χ1v) is 5.86. The number of nitrogens with zero attached hydrogens (tertiary/aromatic N) is 1. The fourth-order valence-electron chi connectivity index (χ4n) is 1.94. The average molecular weight is 230 g/mol. The summed E-state index contributed by atoms with van der Waals surface area (Å²) in [6.07, 6.45) is 0.803. The Hall–Kier alpha value is -1.61. The second-order valence-corrected chi connectivity index (χ2v) is 4.41. The molecule has 0 unspecified atom stereocenters. The quantitative estimate of drug-likeness (QED) is 0.882. The maximum Gasteiger partial charge on any atom is 0.170 e. The Balaban J connectivity index is 2.48. The minimum atomic E-state index is 0.611. The van der Waals surface area contributed by atoms with Gasteiger partial charge in [0, 0.05) is 11.1 Å². The smallest absolute Gasteiger partial charge is 0.170 e. The van der Waals surface area contributed by atoms with E-state index in [-0.39, 0.29) is 0 Å². The molecule has 0 saturated carbocycles. The van der Waals surface area contributed by atoms with Crippen LogP contribution in [0.4, 0.5) is 0 Å². The van der Waals surface area contributed by atoms with Crippen LogP contribution in [-0.4, -0.2) is 11.7 Å². The molecule has 1 aromatic heterocycles. The second kappa shape index (κ2) is 4.72. The fraction of sp³-hybridized carbons (Fsp3) is 0.357. The first-order valence-electron chi connectivity index (χ1n) is 5.86. The molecule has 17 heavy (non-hydrogen) atoms. The minimum absolute atomic E-state index is 0.611. The summed E-state index contributed by atoms with van der Waals surface area (Å²) in [5.41, 5.74) is 11.3. The van der Waals surface area contributed by atoms with Crippen molar-refractivity contribution in [2.75, 3.05) is 6.54 Å². The molecule has 0 fully saturated rings. The summed E-state index contributed by atoms with van der Waals surface area (Å²) in [7, 11) is 0. The topological polar surface area (TPSA) is 52.0 Å². The largest absolute Gasteiger partial charge is 0.356 e. The zero-order chi connectivity index (χ0) is 12.4. The van der Waals surface area contributed by atoms with E-state index in [4.69, 9.17) is 10.3 Å². The van der Waals surface area contributed by atoms with Crippen molar-refractivity contribution >= 4 is 0 Å². The lowest BCUT2D eigenvalue weighted by Gasteiger charge is -2.04. The predicted octanol–water partition coefficient (Wildman–Crippen LogP) is 2.77. The number of aryl methyl sites for hydroxylation is 3. The van der Waals surface area contributed by atoms with Gasteiger partial charge in [-0.2, -0.15) is 0 Å². The Labute approximate surface area is 102 Å². The minimum Gasteiger partial charge on any atom is -0.356 e. The summed E-state index contributed by atoms with van der Waals surface area (Å²) >= 11 is 0. The molecule has 0 aliphatic heterocycles. The lowest BCUT2D eigenvalue weighted by Crippen LogP contribution is -2.04. The summed E-state index contributed by atoms with van der Waals surface area (Å²) in [5.74, 6) is 0.857. The van der Waals surface area contributed by atoms with Crippen molar-refractivity contribution in [3.8, 4) is 11.3 Å². The van der Waals surface area contributed by atoms with Gasteiger partial charge in [-0.05, 0) is 50.9 Å². The van der Waals surface area contributed by atoms with Crippen LogP contribution in [0.3, 0.4) is 0 Å². The van der Waals surface area contributed by atoms with Crippen molar-refractivity contribution in [3.05, 3.63) is 40.6 Å². The maximum atomic E-state index is 5.62. The van der Waals surface area contributed by atoms with Crippen molar-refractivity contribution in [2.45, 2.75) is 27.2 Å². The van der Waals surface area contributed by atoms with Crippen molar-refractivity contribution in [3.63, 3.8) is 0 Å². The first-order chi connectivity index (χ1) is 8.13. The van der Waals surface area contributed by atoms with Crippen molar-refractivity contribution in [1.29, 1.82) is 0 Å². The van der Waals surface area contributed by atoms with E-state index in [1.165, 1.54) is 11.1 Å². The number of nitrogens with two attached hydrogens (primary N) is 1. The Bertz CT molecular complexity index is 529. The molecule has 0 spiro atoms. The van der Waals surface area contributed by atoms with E-state index in [2.05, 4.69) is 37.2 Å². The van der Waals surface area contributed by atoms with Crippen LogP contribution in [-0.2, 0) is 6.42 Å². The van der Waals surface area contributed by atoms with Crippen LogP contribution in [0.1, 0.15) is 22.4 Å². The third kappa shape index (κ3) is 2.24. The Morgan fingerprint density at radius 2 is 1.94 bits per heavy atom. The molecule has 1 heterocycles. The van der Waals surface area contributed by atoms with E-state index in [0.29, 0.717) is 6.54 Å². The Morgan fingerprint density at radius 1 is 1.18 bits per heavy atom. The van der Waals surface area contributed by atoms with E-state index < -0.39 is 0 Å². The highest BCUT2D eigenvalue weighted by atomic mass is 16.5. The number of hydrogen-bond donors (Lipinski definition) is 1.